The van der Waals surface area contributed by atoms with Gasteiger partial charge in [0.15, 0.2) is 5.78 Å². The lowest BCUT2D eigenvalue weighted by Crippen LogP contribution is -2.14. The number of hydrogen-bond acceptors (Lipinski definition) is 3. The van der Waals surface area contributed by atoms with Crippen LogP contribution >= 0.6 is 11.6 Å². The summed E-state index contributed by atoms with van der Waals surface area (Å²) in [6, 6.07) is 4.49. The molecule has 3 nitrogen and oxygen atoms in total. The second kappa shape index (κ2) is 3.56. The number of benzene rings is 1. The third-order valence-electron chi connectivity index (χ3n) is 1.46. The maximum Gasteiger partial charge on any atom is 0.181 e. The molecule has 0 unspecified atom stereocenters. The van der Waals surface area contributed by atoms with E-state index in [1.807, 2.05) is 0 Å². The van der Waals surface area contributed by atoms with E-state index in [4.69, 9.17) is 17.3 Å². The van der Waals surface area contributed by atoms with E-state index >= 15 is 0 Å². The normalized spacial score (nSPS) is 9.83. The van der Waals surface area contributed by atoms with Gasteiger partial charge in [-0.2, -0.15) is 0 Å². The van der Waals surface area contributed by atoms with E-state index in [1.165, 1.54) is 12.1 Å². The molecule has 0 aliphatic rings. The number of phenolic OH excluding ortho intramolecular Hbond substituents is 1. The lowest BCUT2D eigenvalue weighted by Gasteiger charge is -2.02. The summed E-state index contributed by atoms with van der Waals surface area (Å²) in [6.45, 7) is -0.155. The molecule has 0 aliphatic carbocycles. The zero-order valence-electron chi connectivity index (χ0n) is 6.25. The highest BCUT2D eigenvalue weighted by atomic mass is 35.5. The summed E-state index contributed by atoms with van der Waals surface area (Å²) in [7, 11) is 0. The Hall–Kier alpha value is -1.06. The summed E-state index contributed by atoms with van der Waals surface area (Å²) in [5.41, 5.74) is 5.22. The van der Waals surface area contributed by atoms with E-state index in [9.17, 15) is 9.90 Å². The largest absolute Gasteiger partial charge is 0.507 e. The summed E-state index contributed by atoms with van der Waals surface area (Å²) in [6.07, 6.45) is 0. The number of aromatic hydroxyl groups is 1. The molecule has 0 aliphatic heterocycles. The van der Waals surface area contributed by atoms with Gasteiger partial charge in [-0.1, -0.05) is 17.7 Å². The Balaban J connectivity index is 3.21. The van der Waals surface area contributed by atoms with Crippen molar-refractivity contribution in [3.05, 3.63) is 28.8 Å². The maximum atomic E-state index is 11.1. The molecule has 0 saturated heterocycles. The van der Waals surface area contributed by atoms with Crippen LogP contribution < -0.4 is 5.73 Å². The van der Waals surface area contributed by atoms with Crippen LogP contribution in [0.2, 0.25) is 5.02 Å². The van der Waals surface area contributed by atoms with E-state index in [0.717, 1.165) is 0 Å². The highest BCUT2D eigenvalue weighted by Gasteiger charge is 2.12. The lowest BCUT2D eigenvalue weighted by molar-refractivity contribution is 0.0999. The van der Waals surface area contributed by atoms with Gasteiger partial charge in [0.05, 0.1) is 17.1 Å². The van der Waals surface area contributed by atoms with Crippen molar-refractivity contribution < 1.29 is 9.90 Å². The molecule has 0 fully saturated rings. The number of rotatable bonds is 2. The van der Waals surface area contributed by atoms with E-state index in [1.54, 1.807) is 6.07 Å². The Labute approximate surface area is 74.8 Å². The zero-order chi connectivity index (χ0) is 9.14. The molecule has 0 aromatic heterocycles. The molecule has 1 rings (SSSR count). The van der Waals surface area contributed by atoms with Crippen LogP contribution in [-0.4, -0.2) is 17.4 Å². The second-order valence-electron chi connectivity index (χ2n) is 2.26. The molecule has 0 atom stereocenters. The first-order valence-corrected chi connectivity index (χ1v) is 3.75. The summed E-state index contributed by atoms with van der Waals surface area (Å²) in [5.74, 6) is -0.490. The molecule has 0 amide bonds. The summed E-state index contributed by atoms with van der Waals surface area (Å²) < 4.78 is 0. The van der Waals surface area contributed by atoms with E-state index in [0.29, 0.717) is 0 Å². The average molecular weight is 186 g/mol. The van der Waals surface area contributed by atoms with Gasteiger partial charge >= 0.3 is 0 Å². The molecule has 1 aromatic rings. The molecule has 4 heteroatoms. The molecule has 12 heavy (non-hydrogen) atoms. The van der Waals surface area contributed by atoms with E-state index < -0.39 is 0 Å². The number of carbonyl (C=O) groups is 1. The van der Waals surface area contributed by atoms with E-state index in [-0.39, 0.29) is 28.7 Å². The third kappa shape index (κ3) is 1.57. The molecule has 3 N–H and O–H groups in total. The first-order valence-electron chi connectivity index (χ1n) is 3.37. The van der Waals surface area contributed by atoms with Gasteiger partial charge in [0.1, 0.15) is 5.75 Å². The third-order valence-corrected chi connectivity index (χ3v) is 1.77. The van der Waals surface area contributed by atoms with Crippen LogP contribution in [0.1, 0.15) is 10.4 Å². The number of carbonyl (C=O) groups excluding carboxylic acids is 1. The summed E-state index contributed by atoms with van der Waals surface area (Å²) in [5, 5.41) is 9.46. The van der Waals surface area contributed by atoms with Crippen LogP contribution in [0.5, 0.6) is 5.75 Å². The Morgan fingerprint density at radius 3 is 2.75 bits per heavy atom. The summed E-state index contributed by atoms with van der Waals surface area (Å²) in [4.78, 5) is 11.1. The predicted molar refractivity (Wildman–Crippen MR) is 46.5 cm³/mol. The van der Waals surface area contributed by atoms with Crippen molar-refractivity contribution in [1.29, 1.82) is 0 Å². The molecule has 0 radical (unpaired) electrons. The van der Waals surface area contributed by atoms with Crippen LogP contribution in [0, 0.1) is 0 Å². The number of phenols is 1. The molecule has 64 valence electrons. The highest BCUT2D eigenvalue weighted by molar-refractivity contribution is 6.34. The Morgan fingerprint density at radius 2 is 2.25 bits per heavy atom. The van der Waals surface area contributed by atoms with Crippen molar-refractivity contribution in [1.82, 2.24) is 0 Å². The Kier molecular flexibility index (Phi) is 2.68. The van der Waals surface area contributed by atoms with Gasteiger partial charge in [0, 0.05) is 0 Å². The smallest absolute Gasteiger partial charge is 0.181 e. The zero-order valence-corrected chi connectivity index (χ0v) is 7.01. The molecule has 0 saturated carbocycles. The monoisotopic (exact) mass is 185 g/mol. The van der Waals surface area contributed by atoms with Crippen molar-refractivity contribution >= 4 is 17.4 Å². The van der Waals surface area contributed by atoms with Gasteiger partial charge in [-0.15, -0.1) is 0 Å². The van der Waals surface area contributed by atoms with Gasteiger partial charge in [0.25, 0.3) is 0 Å². The fourth-order valence-electron chi connectivity index (χ4n) is 0.891. The van der Waals surface area contributed by atoms with Crippen molar-refractivity contribution in [2.45, 2.75) is 0 Å². The fourth-order valence-corrected chi connectivity index (χ4v) is 1.17. The maximum absolute atomic E-state index is 11.1. The minimum Gasteiger partial charge on any atom is -0.507 e. The second-order valence-corrected chi connectivity index (χ2v) is 2.67. The fraction of sp³-hybridized carbons (Fsp3) is 0.125. The molecular formula is C8H8ClNO2. The molecular weight excluding hydrogens is 178 g/mol. The van der Waals surface area contributed by atoms with Crippen molar-refractivity contribution in [3.8, 4) is 5.75 Å². The van der Waals surface area contributed by atoms with Gasteiger partial charge in [-0.3, -0.25) is 4.79 Å². The first-order chi connectivity index (χ1) is 5.66. The van der Waals surface area contributed by atoms with Crippen molar-refractivity contribution in [3.63, 3.8) is 0 Å². The SMILES string of the molecule is NCC(=O)c1c(O)cccc1Cl. The highest BCUT2D eigenvalue weighted by Crippen LogP contribution is 2.24. The minimum atomic E-state index is -0.363. The Morgan fingerprint density at radius 1 is 1.58 bits per heavy atom. The van der Waals surface area contributed by atoms with Crippen LogP contribution in [-0.2, 0) is 0 Å². The quantitative estimate of drug-likeness (QED) is 0.681. The van der Waals surface area contributed by atoms with Crippen LogP contribution in [0.3, 0.4) is 0 Å². The van der Waals surface area contributed by atoms with Gasteiger partial charge in [-0.25, -0.2) is 0 Å². The number of ketones is 1. The van der Waals surface area contributed by atoms with Crippen molar-refractivity contribution in [2.75, 3.05) is 6.54 Å². The standard InChI is InChI=1S/C8H8ClNO2/c9-5-2-1-3-6(11)8(5)7(12)4-10/h1-3,11H,4,10H2. The van der Waals surface area contributed by atoms with Gasteiger partial charge < -0.3 is 10.8 Å². The van der Waals surface area contributed by atoms with Crippen molar-refractivity contribution in [2.24, 2.45) is 5.73 Å². The molecule has 0 bridgehead atoms. The molecule has 0 heterocycles. The topological polar surface area (TPSA) is 63.3 Å². The average Bonchev–Trinajstić information content (AvgIpc) is 2.03. The number of Topliss-reactive ketones (excluding diaryl/α,β-unsaturated/α-hetero) is 1. The molecule has 1 aromatic carbocycles. The van der Waals surface area contributed by atoms with Crippen LogP contribution in [0.15, 0.2) is 18.2 Å². The number of hydrogen-bond donors (Lipinski definition) is 2. The number of halogens is 1. The van der Waals surface area contributed by atoms with Gasteiger partial charge in [-0.05, 0) is 12.1 Å². The molecule has 0 spiro atoms. The Bertz CT molecular complexity index is 292. The van der Waals surface area contributed by atoms with Gasteiger partial charge in [0.2, 0.25) is 0 Å². The predicted octanol–water partition coefficient (Wildman–Crippen LogP) is 1.19. The van der Waals surface area contributed by atoms with Crippen LogP contribution in [0.25, 0.3) is 0 Å². The van der Waals surface area contributed by atoms with E-state index in [2.05, 4.69) is 0 Å². The van der Waals surface area contributed by atoms with Crippen LogP contribution in [0.4, 0.5) is 0 Å². The number of nitrogens with two attached hydrogens (primary N) is 1. The lowest BCUT2D eigenvalue weighted by atomic mass is 10.1. The minimum absolute atomic E-state index is 0.0988. The first kappa shape index (κ1) is 9.03. The summed E-state index contributed by atoms with van der Waals surface area (Å²) >= 11 is 5.67.